The summed E-state index contributed by atoms with van der Waals surface area (Å²) < 4.78 is 13.0. The third-order valence-corrected chi connectivity index (χ3v) is 5.99. The third kappa shape index (κ3) is 4.13. The fourth-order valence-corrected chi connectivity index (χ4v) is 4.34. The van der Waals surface area contributed by atoms with E-state index in [1.54, 1.807) is 29.2 Å². The summed E-state index contributed by atoms with van der Waals surface area (Å²) in [6.07, 6.45) is 1.57. The van der Waals surface area contributed by atoms with Gasteiger partial charge in [-0.2, -0.15) is 0 Å². The average Bonchev–Trinajstić information content (AvgIpc) is 3.39. The Morgan fingerprint density at radius 1 is 1.14 bits per heavy atom. The molecule has 6 nitrogen and oxygen atoms in total. The highest BCUT2D eigenvalue weighted by atomic mass is 35.5. The summed E-state index contributed by atoms with van der Waals surface area (Å²) >= 11 is 7.32. The molecule has 1 N–H and O–H groups in total. The number of hydrogen-bond donors (Lipinski definition) is 1. The number of aromatic nitrogens is 2. The molecule has 3 aromatic rings. The summed E-state index contributed by atoms with van der Waals surface area (Å²) in [6.45, 7) is 0.589. The minimum atomic E-state index is -0.428. The minimum absolute atomic E-state index is 0.161. The van der Waals surface area contributed by atoms with Crippen LogP contribution in [0, 0.1) is 5.82 Å². The minimum Gasteiger partial charge on any atom is -0.329 e. The van der Waals surface area contributed by atoms with Crippen molar-refractivity contribution in [1.29, 1.82) is 0 Å². The van der Waals surface area contributed by atoms with Gasteiger partial charge < -0.3 is 10.2 Å². The summed E-state index contributed by atoms with van der Waals surface area (Å²) in [4.78, 5) is 27.1. The fraction of sp³-hybridized carbons (Fsp3) is 0.200. The van der Waals surface area contributed by atoms with Crippen molar-refractivity contribution in [3.8, 4) is 0 Å². The zero-order valence-corrected chi connectivity index (χ0v) is 16.7. The number of halogens is 2. The van der Waals surface area contributed by atoms with Gasteiger partial charge in [-0.15, -0.1) is 10.2 Å². The standard InChI is InChI=1S/C20H16ClFN4O2S/c21-15-5-2-1-4-14(15)20(28)26-11-3-6-16(26)18-24-25-19(29-18)17(27)23-13-9-7-12(22)8-10-13/h1-2,4-5,7-10,16H,3,6,11H2,(H,23,27)/t16-/m0/s1. The van der Waals surface area contributed by atoms with E-state index in [0.29, 0.717) is 27.8 Å². The molecule has 0 aliphatic carbocycles. The Labute approximate surface area is 175 Å². The summed E-state index contributed by atoms with van der Waals surface area (Å²) in [6, 6.07) is 12.1. The maximum absolute atomic E-state index is 13.0. The molecule has 1 aliphatic rings. The van der Waals surface area contributed by atoms with Crippen molar-refractivity contribution in [2.24, 2.45) is 0 Å². The largest absolute Gasteiger partial charge is 0.329 e. The van der Waals surface area contributed by atoms with E-state index in [1.165, 1.54) is 24.3 Å². The lowest BCUT2D eigenvalue weighted by atomic mass is 10.1. The maximum atomic E-state index is 13.0. The van der Waals surface area contributed by atoms with Gasteiger partial charge in [-0.1, -0.05) is 35.1 Å². The first-order valence-electron chi connectivity index (χ1n) is 8.99. The highest BCUT2D eigenvalue weighted by Gasteiger charge is 2.34. The Balaban J connectivity index is 1.50. The molecule has 4 rings (SSSR count). The third-order valence-electron chi connectivity index (χ3n) is 4.64. The second-order valence-corrected chi connectivity index (χ2v) is 7.96. The van der Waals surface area contributed by atoms with Gasteiger partial charge in [0.2, 0.25) is 5.01 Å². The van der Waals surface area contributed by atoms with Crippen molar-refractivity contribution in [3.63, 3.8) is 0 Å². The lowest BCUT2D eigenvalue weighted by Crippen LogP contribution is -2.30. The van der Waals surface area contributed by atoms with Crippen LogP contribution in [-0.4, -0.2) is 33.5 Å². The maximum Gasteiger partial charge on any atom is 0.286 e. The molecule has 0 bridgehead atoms. The number of carbonyl (C=O) groups is 2. The average molecular weight is 431 g/mol. The van der Waals surface area contributed by atoms with Gasteiger partial charge in [0.15, 0.2) is 0 Å². The number of rotatable bonds is 4. The Hall–Kier alpha value is -2.84. The molecule has 1 fully saturated rings. The van der Waals surface area contributed by atoms with E-state index >= 15 is 0 Å². The second-order valence-electron chi connectivity index (χ2n) is 6.54. The van der Waals surface area contributed by atoms with Gasteiger partial charge in [0.25, 0.3) is 11.8 Å². The van der Waals surface area contributed by atoms with Gasteiger partial charge in [0.05, 0.1) is 16.6 Å². The van der Waals surface area contributed by atoms with Crippen LogP contribution in [0.1, 0.15) is 44.1 Å². The number of hydrogen-bond acceptors (Lipinski definition) is 5. The van der Waals surface area contributed by atoms with Crippen LogP contribution in [0.3, 0.4) is 0 Å². The van der Waals surface area contributed by atoms with Crippen molar-refractivity contribution in [2.45, 2.75) is 18.9 Å². The first kappa shape index (κ1) is 19.5. The van der Waals surface area contributed by atoms with Crippen LogP contribution < -0.4 is 5.32 Å². The Kier molecular flexibility index (Phi) is 5.55. The number of anilines is 1. The van der Waals surface area contributed by atoms with Crippen LogP contribution in [-0.2, 0) is 0 Å². The molecule has 0 spiro atoms. The molecule has 1 aromatic heterocycles. The molecular weight excluding hydrogens is 415 g/mol. The number of carbonyl (C=O) groups excluding carboxylic acids is 2. The van der Waals surface area contributed by atoms with Crippen molar-refractivity contribution in [2.75, 3.05) is 11.9 Å². The molecule has 0 saturated carbocycles. The van der Waals surface area contributed by atoms with Crippen molar-refractivity contribution >= 4 is 40.4 Å². The van der Waals surface area contributed by atoms with E-state index < -0.39 is 5.91 Å². The monoisotopic (exact) mass is 430 g/mol. The topological polar surface area (TPSA) is 75.2 Å². The molecule has 1 aliphatic heterocycles. The molecule has 29 heavy (non-hydrogen) atoms. The zero-order valence-electron chi connectivity index (χ0n) is 15.1. The Morgan fingerprint density at radius 3 is 2.66 bits per heavy atom. The quantitative estimate of drug-likeness (QED) is 0.658. The fourth-order valence-electron chi connectivity index (χ4n) is 3.23. The highest BCUT2D eigenvalue weighted by Crippen LogP contribution is 2.35. The highest BCUT2D eigenvalue weighted by molar-refractivity contribution is 7.13. The van der Waals surface area contributed by atoms with E-state index in [2.05, 4.69) is 15.5 Å². The van der Waals surface area contributed by atoms with Crippen LogP contribution in [0.2, 0.25) is 5.02 Å². The SMILES string of the molecule is O=C(Nc1ccc(F)cc1)c1nnc([C@@H]2CCCN2C(=O)c2ccccc2Cl)s1. The van der Waals surface area contributed by atoms with Gasteiger partial charge in [-0.25, -0.2) is 4.39 Å². The normalized spacial score (nSPS) is 16.1. The van der Waals surface area contributed by atoms with Crippen molar-refractivity contribution in [3.05, 3.63) is 74.9 Å². The van der Waals surface area contributed by atoms with Crippen LogP contribution in [0.25, 0.3) is 0 Å². The van der Waals surface area contributed by atoms with E-state index in [-0.39, 0.29) is 22.8 Å². The summed E-state index contributed by atoms with van der Waals surface area (Å²) in [5.41, 5.74) is 0.907. The number of nitrogens with zero attached hydrogens (tertiary/aromatic N) is 3. The smallest absolute Gasteiger partial charge is 0.286 e. The van der Waals surface area contributed by atoms with E-state index in [9.17, 15) is 14.0 Å². The zero-order chi connectivity index (χ0) is 20.4. The number of amides is 2. The van der Waals surface area contributed by atoms with Gasteiger partial charge >= 0.3 is 0 Å². The first-order chi connectivity index (χ1) is 14.0. The molecule has 1 atom stereocenters. The predicted octanol–water partition coefficient (Wildman–Crippen LogP) is 4.56. The molecule has 2 heterocycles. The van der Waals surface area contributed by atoms with Crippen molar-refractivity contribution < 1.29 is 14.0 Å². The molecular formula is C20H16ClFN4O2S. The van der Waals surface area contributed by atoms with Gasteiger partial charge in [0.1, 0.15) is 10.8 Å². The number of benzene rings is 2. The van der Waals surface area contributed by atoms with E-state index in [1.807, 2.05) is 0 Å². The molecule has 0 radical (unpaired) electrons. The van der Waals surface area contributed by atoms with Crippen LogP contribution in [0.5, 0.6) is 0 Å². The van der Waals surface area contributed by atoms with Crippen LogP contribution in [0.15, 0.2) is 48.5 Å². The lowest BCUT2D eigenvalue weighted by Gasteiger charge is -2.23. The van der Waals surface area contributed by atoms with Gasteiger partial charge in [-0.05, 0) is 49.2 Å². The van der Waals surface area contributed by atoms with Crippen molar-refractivity contribution in [1.82, 2.24) is 15.1 Å². The number of nitrogens with one attached hydrogen (secondary N) is 1. The molecule has 2 amide bonds. The first-order valence-corrected chi connectivity index (χ1v) is 10.2. The Morgan fingerprint density at radius 2 is 1.90 bits per heavy atom. The molecule has 9 heteroatoms. The summed E-state index contributed by atoms with van der Waals surface area (Å²) in [5.74, 6) is -0.973. The molecule has 148 valence electrons. The molecule has 2 aromatic carbocycles. The van der Waals surface area contributed by atoms with Crippen LogP contribution in [0.4, 0.5) is 10.1 Å². The number of likely N-dealkylation sites (tertiary alicyclic amines) is 1. The summed E-state index contributed by atoms with van der Waals surface area (Å²) in [7, 11) is 0. The van der Waals surface area contributed by atoms with E-state index in [0.717, 1.165) is 24.2 Å². The van der Waals surface area contributed by atoms with Gasteiger partial charge in [-0.3, -0.25) is 9.59 Å². The van der Waals surface area contributed by atoms with E-state index in [4.69, 9.17) is 11.6 Å². The second kappa shape index (κ2) is 8.26. The summed E-state index contributed by atoms with van der Waals surface area (Å²) in [5, 5.41) is 12.0. The Bertz CT molecular complexity index is 1060. The van der Waals surface area contributed by atoms with Gasteiger partial charge in [0, 0.05) is 12.2 Å². The van der Waals surface area contributed by atoms with Crippen LogP contribution >= 0.6 is 22.9 Å². The molecule has 1 saturated heterocycles. The predicted molar refractivity (Wildman–Crippen MR) is 109 cm³/mol. The lowest BCUT2D eigenvalue weighted by molar-refractivity contribution is 0.0735. The molecule has 0 unspecified atom stereocenters.